The maximum absolute atomic E-state index is 12.5. The first kappa shape index (κ1) is 19.4. The van der Waals surface area contributed by atoms with Crippen molar-refractivity contribution in [3.8, 4) is 11.4 Å². The van der Waals surface area contributed by atoms with Crippen LogP contribution in [0.3, 0.4) is 0 Å². The van der Waals surface area contributed by atoms with Gasteiger partial charge in [-0.25, -0.2) is 0 Å². The van der Waals surface area contributed by atoms with Crippen molar-refractivity contribution in [3.05, 3.63) is 65.0 Å². The van der Waals surface area contributed by atoms with Gasteiger partial charge in [-0.05, 0) is 37.3 Å². The van der Waals surface area contributed by atoms with Crippen LogP contribution in [0.25, 0.3) is 5.69 Å². The van der Waals surface area contributed by atoms with Crippen LogP contribution in [0.15, 0.2) is 60.0 Å². The van der Waals surface area contributed by atoms with Crippen LogP contribution in [0.4, 0.5) is 11.4 Å². The lowest BCUT2D eigenvalue weighted by molar-refractivity contribution is -0.384. The second-order valence-electron chi connectivity index (χ2n) is 5.74. The van der Waals surface area contributed by atoms with E-state index in [1.54, 1.807) is 31.0 Å². The molecule has 1 aromatic heterocycles. The monoisotopic (exact) mass is 399 g/mol. The third kappa shape index (κ3) is 4.46. The molecule has 1 heterocycles. The number of thioether (sulfide) groups is 1. The molecule has 0 radical (unpaired) electrons. The highest BCUT2D eigenvalue weighted by Crippen LogP contribution is 2.26. The average molecular weight is 399 g/mol. The van der Waals surface area contributed by atoms with E-state index < -0.39 is 10.2 Å². The van der Waals surface area contributed by atoms with Crippen molar-refractivity contribution in [3.63, 3.8) is 0 Å². The Labute approximate surface area is 164 Å². The third-order valence-corrected chi connectivity index (χ3v) is 4.90. The van der Waals surface area contributed by atoms with Crippen LogP contribution in [0.5, 0.6) is 5.75 Å². The lowest BCUT2D eigenvalue weighted by Crippen LogP contribution is -2.22. The number of rotatable bonds is 7. The Morgan fingerprint density at radius 1 is 1.29 bits per heavy atom. The van der Waals surface area contributed by atoms with Gasteiger partial charge in [0.2, 0.25) is 5.91 Å². The molecular formula is C18H17N5O4S. The van der Waals surface area contributed by atoms with Crippen LogP contribution in [-0.4, -0.2) is 38.0 Å². The number of carbonyl (C=O) groups excluding carboxylic acids is 1. The quantitative estimate of drug-likeness (QED) is 0.368. The predicted octanol–water partition coefficient (Wildman–Crippen LogP) is 3.30. The van der Waals surface area contributed by atoms with Gasteiger partial charge in [-0.1, -0.05) is 17.8 Å². The van der Waals surface area contributed by atoms with Crippen LogP contribution in [0.1, 0.15) is 6.92 Å². The van der Waals surface area contributed by atoms with E-state index in [1.165, 1.54) is 30.0 Å². The summed E-state index contributed by atoms with van der Waals surface area (Å²) < 4.78 is 6.92. The van der Waals surface area contributed by atoms with Gasteiger partial charge in [-0.15, -0.1) is 10.2 Å². The number of aromatic nitrogens is 3. The molecule has 0 aliphatic heterocycles. The molecular weight excluding hydrogens is 382 g/mol. The minimum atomic E-state index is -0.509. The molecule has 0 aliphatic rings. The van der Waals surface area contributed by atoms with Crippen LogP contribution >= 0.6 is 11.8 Å². The summed E-state index contributed by atoms with van der Waals surface area (Å²) in [4.78, 5) is 22.8. The van der Waals surface area contributed by atoms with Crippen molar-refractivity contribution in [2.45, 2.75) is 17.3 Å². The zero-order valence-corrected chi connectivity index (χ0v) is 15.9. The fourth-order valence-corrected chi connectivity index (χ4v) is 3.22. The molecule has 0 unspecified atom stereocenters. The molecule has 10 heteroatoms. The number of nitro benzene ring substituents is 1. The van der Waals surface area contributed by atoms with Crippen molar-refractivity contribution in [1.82, 2.24) is 14.8 Å². The third-order valence-electron chi connectivity index (χ3n) is 3.84. The molecule has 0 saturated carbocycles. The minimum absolute atomic E-state index is 0.0858. The Morgan fingerprint density at radius 2 is 2.04 bits per heavy atom. The number of amides is 1. The second-order valence-corrected chi connectivity index (χ2v) is 7.05. The number of hydrogen-bond acceptors (Lipinski definition) is 7. The number of nitro groups is 1. The first-order valence-electron chi connectivity index (χ1n) is 8.24. The van der Waals surface area contributed by atoms with E-state index in [2.05, 4.69) is 15.5 Å². The van der Waals surface area contributed by atoms with Crippen LogP contribution in [-0.2, 0) is 4.79 Å². The summed E-state index contributed by atoms with van der Waals surface area (Å²) in [6.07, 6.45) is 1.56. The van der Waals surface area contributed by atoms with E-state index >= 15 is 0 Å². The van der Waals surface area contributed by atoms with Gasteiger partial charge in [0, 0.05) is 23.5 Å². The number of nitrogens with zero attached hydrogens (tertiary/aromatic N) is 4. The highest BCUT2D eigenvalue weighted by atomic mass is 32.2. The highest BCUT2D eigenvalue weighted by molar-refractivity contribution is 8.00. The number of nitrogens with one attached hydrogen (secondary N) is 1. The lowest BCUT2D eigenvalue weighted by atomic mass is 10.2. The summed E-state index contributed by atoms with van der Waals surface area (Å²) in [5.74, 6) is 0.436. The molecule has 0 saturated heterocycles. The van der Waals surface area contributed by atoms with Crippen molar-refractivity contribution >= 4 is 29.0 Å². The summed E-state index contributed by atoms with van der Waals surface area (Å²) in [7, 11) is 1.59. The first-order valence-corrected chi connectivity index (χ1v) is 9.12. The van der Waals surface area contributed by atoms with E-state index in [4.69, 9.17) is 4.74 Å². The molecule has 0 spiro atoms. The molecule has 1 atom stereocenters. The van der Waals surface area contributed by atoms with E-state index in [-0.39, 0.29) is 11.6 Å². The van der Waals surface area contributed by atoms with Crippen molar-refractivity contribution in [2.75, 3.05) is 12.4 Å². The summed E-state index contributed by atoms with van der Waals surface area (Å²) in [5, 5.41) is 21.6. The molecule has 1 amide bonds. The van der Waals surface area contributed by atoms with Gasteiger partial charge in [0.05, 0.1) is 17.3 Å². The first-order chi connectivity index (χ1) is 13.5. The molecule has 28 heavy (non-hydrogen) atoms. The molecule has 3 aromatic rings. The topological polar surface area (TPSA) is 112 Å². The fourth-order valence-electron chi connectivity index (χ4n) is 2.38. The molecule has 0 aliphatic carbocycles. The van der Waals surface area contributed by atoms with Crippen molar-refractivity contribution < 1.29 is 14.5 Å². The largest absolute Gasteiger partial charge is 0.497 e. The second kappa shape index (κ2) is 8.53. The number of benzene rings is 2. The van der Waals surface area contributed by atoms with E-state index in [1.807, 2.05) is 24.3 Å². The minimum Gasteiger partial charge on any atom is -0.497 e. The van der Waals surface area contributed by atoms with Gasteiger partial charge in [0.1, 0.15) is 12.1 Å². The lowest BCUT2D eigenvalue weighted by Gasteiger charge is -2.12. The fraction of sp³-hybridized carbons (Fsp3) is 0.167. The van der Waals surface area contributed by atoms with Gasteiger partial charge >= 0.3 is 0 Å². The molecule has 0 bridgehead atoms. The van der Waals surface area contributed by atoms with Gasteiger partial charge in [-0.2, -0.15) is 0 Å². The zero-order valence-electron chi connectivity index (χ0n) is 15.1. The standard InChI is InChI=1S/C18H17N5O4S/c1-12(17(24)20-13-4-3-5-15(10-13)23(25)26)28-18-21-19-11-22(18)14-6-8-16(27-2)9-7-14/h3-12H,1-2H3,(H,20,24)/t12-/m1/s1. The van der Waals surface area contributed by atoms with Gasteiger partial charge in [-0.3, -0.25) is 19.5 Å². The SMILES string of the molecule is COc1ccc(-n2cnnc2S[C@H](C)C(=O)Nc2cccc([N+](=O)[O-])c2)cc1. The average Bonchev–Trinajstić information content (AvgIpc) is 3.16. The molecule has 144 valence electrons. The van der Waals surface area contributed by atoms with Crippen LogP contribution < -0.4 is 10.1 Å². The molecule has 2 aromatic carbocycles. The number of non-ortho nitro benzene ring substituents is 1. The predicted molar refractivity (Wildman–Crippen MR) is 105 cm³/mol. The highest BCUT2D eigenvalue weighted by Gasteiger charge is 2.19. The van der Waals surface area contributed by atoms with Gasteiger partial charge in [0.25, 0.3) is 5.69 Å². The Hall–Kier alpha value is -3.40. The molecule has 9 nitrogen and oxygen atoms in total. The van der Waals surface area contributed by atoms with Gasteiger partial charge in [0.15, 0.2) is 5.16 Å². The Morgan fingerprint density at radius 3 is 2.71 bits per heavy atom. The number of carbonyl (C=O) groups is 1. The van der Waals surface area contributed by atoms with E-state index in [0.717, 1.165) is 11.4 Å². The van der Waals surface area contributed by atoms with Crippen LogP contribution in [0.2, 0.25) is 0 Å². The summed E-state index contributed by atoms with van der Waals surface area (Å²) in [6, 6.07) is 13.2. The summed E-state index contributed by atoms with van der Waals surface area (Å²) >= 11 is 1.23. The maximum atomic E-state index is 12.5. The Bertz CT molecular complexity index is 990. The van der Waals surface area contributed by atoms with Gasteiger partial charge < -0.3 is 10.1 Å². The van der Waals surface area contributed by atoms with Crippen molar-refractivity contribution in [1.29, 1.82) is 0 Å². The maximum Gasteiger partial charge on any atom is 0.271 e. The number of ether oxygens (including phenoxy) is 1. The van der Waals surface area contributed by atoms with E-state index in [0.29, 0.717) is 10.8 Å². The van der Waals surface area contributed by atoms with Crippen LogP contribution in [0, 0.1) is 10.1 Å². The molecule has 3 rings (SSSR count). The Balaban J connectivity index is 1.70. The Kier molecular flexibility index (Phi) is 5.90. The smallest absolute Gasteiger partial charge is 0.271 e. The zero-order chi connectivity index (χ0) is 20.1. The normalized spacial score (nSPS) is 11.6. The van der Waals surface area contributed by atoms with E-state index in [9.17, 15) is 14.9 Å². The number of anilines is 1. The molecule has 1 N–H and O–H groups in total. The molecule has 0 fully saturated rings. The summed E-state index contributed by atoms with van der Waals surface area (Å²) in [6.45, 7) is 1.73. The number of methoxy groups -OCH3 is 1. The summed E-state index contributed by atoms with van der Waals surface area (Å²) in [5.41, 5.74) is 1.11. The van der Waals surface area contributed by atoms with Crippen molar-refractivity contribution in [2.24, 2.45) is 0 Å². The number of hydrogen-bond donors (Lipinski definition) is 1.